The zero-order valence-electron chi connectivity index (χ0n) is 20.5. The number of amides is 1. The van der Waals surface area contributed by atoms with Crippen molar-refractivity contribution in [1.82, 2.24) is 15.2 Å². The molecule has 0 saturated carbocycles. The van der Waals surface area contributed by atoms with Crippen LogP contribution in [-0.4, -0.2) is 48.1 Å². The van der Waals surface area contributed by atoms with Gasteiger partial charge in [-0.1, -0.05) is 42.5 Å². The molecule has 6 nitrogen and oxygen atoms in total. The molecule has 1 aromatic heterocycles. The fraction of sp³-hybridized carbons (Fsp3) is 0.310. The van der Waals surface area contributed by atoms with E-state index in [1.807, 2.05) is 72.8 Å². The van der Waals surface area contributed by atoms with Gasteiger partial charge in [0.2, 0.25) is 5.91 Å². The lowest BCUT2D eigenvalue weighted by atomic mass is 10.1. The number of likely N-dealkylation sites (tertiary alicyclic amines) is 1. The smallest absolute Gasteiger partial charge is 0.261 e. The number of hydrogen-bond acceptors (Lipinski definition) is 5. The molecule has 2 aromatic carbocycles. The topological polar surface area (TPSA) is 71.5 Å². The Balaban J connectivity index is 1.18. The molecular formula is C29H34N3O3P. The zero-order valence-corrected chi connectivity index (χ0v) is 21.4. The molecule has 0 atom stereocenters. The van der Waals surface area contributed by atoms with E-state index in [0.717, 1.165) is 61.5 Å². The fourth-order valence-corrected chi connectivity index (χ4v) is 6.65. The molecule has 1 aliphatic rings. The van der Waals surface area contributed by atoms with Crippen molar-refractivity contribution >= 4 is 30.0 Å². The van der Waals surface area contributed by atoms with Crippen LogP contribution in [0.1, 0.15) is 31.2 Å². The predicted octanol–water partition coefficient (Wildman–Crippen LogP) is 4.40. The van der Waals surface area contributed by atoms with Gasteiger partial charge in [0.05, 0.1) is 6.10 Å². The highest BCUT2D eigenvalue weighted by molar-refractivity contribution is 7.74. The van der Waals surface area contributed by atoms with Crippen molar-refractivity contribution in [2.75, 3.05) is 26.2 Å². The fourth-order valence-electron chi connectivity index (χ4n) is 4.34. The van der Waals surface area contributed by atoms with Gasteiger partial charge in [-0.15, -0.1) is 0 Å². The molecule has 3 aromatic rings. The summed E-state index contributed by atoms with van der Waals surface area (Å²) in [7, 11) is -3.15. The lowest BCUT2D eigenvalue weighted by Gasteiger charge is -2.34. The van der Waals surface area contributed by atoms with Gasteiger partial charge in [-0.25, -0.2) is 0 Å². The number of carbonyl (C=O) groups is 1. The highest BCUT2D eigenvalue weighted by Gasteiger charge is 2.33. The van der Waals surface area contributed by atoms with Crippen molar-refractivity contribution in [2.24, 2.45) is 0 Å². The normalized spacial score (nSPS) is 15.2. The van der Waals surface area contributed by atoms with Gasteiger partial charge in [-0.2, -0.15) is 0 Å². The Bertz CT molecular complexity index is 1100. The second-order valence-corrected chi connectivity index (χ2v) is 11.3. The van der Waals surface area contributed by atoms with Gasteiger partial charge < -0.3 is 14.7 Å². The Kier molecular flexibility index (Phi) is 9.62. The van der Waals surface area contributed by atoms with Crippen LogP contribution in [0.2, 0.25) is 0 Å². The molecule has 0 aliphatic carbocycles. The molecule has 1 amide bonds. The van der Waals surface area contributed by atoms with E-state index >= 15 is 0 Å². The summed E-state index contributed by atoms with van der Waals surface area (Å²) in [5.74, 6) is -0.0851. The number of aromatic nitrogens is 1. The van der Waals surface area contributed by atoms with Crippen LogP contribution in [0.15, 0.2) is 91.3 Å². The average molecular weight is 504 g/mol. The Labute approximate surface area is 213 Å². The Morgan fingerprint density at radius 2 is 1.64 bits per heavy atom. The number of nitrogens with zero attached hydrogens (tertiary/aromatic N) is 2. The predicted molar refractivity (Wildman–Crippen MR) is 146 cm³/mol. The summed E-state index contributed by atoms with van der Waals surface area (Å²) in [6.07, 6.45) is 10.4. The first-order valence-electron chi connectivity index (χ1n) is 12.6. The van der Waals surface area contributed by atoms with Gasteiger partial charge >= 0.3 is 0 Å². The molecule has 0 unspecified atom stereocenters. The van der Waals surface area contributed by atoms with Gasteiger partial charge in [0.15, 0.2) is 0 Å². The quantitative estimate of drug-likeness (QED) is 0.239. The van der Waals surface area contributed by atoms with Crippen molar-refractivity contribution < 1.29 is 13.9 Å². The lowest BCUT2D eigenvalue weighted by Crippen LogP contribution is -2.38. The molecule has 36 heavy (non-hydrogen) atoms. The third-order valence-corrected chi connectivity index (χ3v) is 8.89. The molecule has 188 valence electrons. The molecule has 0 radical (unpaired) electrons. The summed E-state index contributed by atoms with van der Waals surface area (Å²) >= 11 is 0. The first-order chi connectivity index (χ1) is 17.6. The van der Waals surface area contributed by atoms with Gasteiger partial charge in [-0.05, 0) is 74.2 Å². The van der Waals surface area contributed by atoms with Crippen molar-refractivity contribution in [3.05, 3.63) is 96.8 Å². The number of rotatable bonds is 11. The minimum Gasteiger partial charge on any atom is -0.353 e. The zero-order chi connectivity index (χ0) is 25.1. The number of hydrogen-bond donors (Lipinski definition) is 1. The first kappa shape index (κ1) is 26.0. The molecule has 2 heterocycles. The molecule has 4 rings (SSSR count). The molecule has 1 N–H and O–H groups in total. The van der Waals surface area contributed by atoms with E-state index in [2.05, 4.69) is 15.2 Å². The molecule has 1 fully saturated rings. The second kappa shape index (κ2) is 13.3. The Morgan fingerprint density at radius 3 is 2.25 bits per heavy atom. The minimum atomic E-state index is -3.15. The summed E-state index contributed by atoms with van der Waals surface area (Å²) in [6, 6.07) is 22.9. The number of benzene rings is 2. The molecular weight excluding hydrogens is 469 g/mol. The van der Waals surface area contributed by atoms with Crippen molar-refractivity contribution in [2.45, 2.75) is 31.8 Å². The number of carbonyl (C=O) groups excluding carboxylic acids is 1. The van der Waals surface area contributed by atoms with Gasteiger partial charge in [0.25, 0.3) is 7.37 Å². The van der Waals surface area contributed by atoms with E-state index in [0.29, 0.717) is 6.54 Å². The van der Waals surface area contributed by atoms with Gasteiger partial charge in [-0.3, -0.25) is 14.3 Å². The number of unbranched alkanes of at least 4 members (excludes halogenated alkanes) is 1. The van der Waals surface area contributed by atoms with Crippen LogP contribution in [0.4, 0.5) is 0 Å². The van der Waals surface area contributed by atoms with E-state index in [1.54, 1.807) is 24.5 Å². The highest BCUT2D eigenvalue weighted by atomic mass is 31.2. The molecule has 1 saturated heterocycles. The van der Waals surface area contributed by atoms with E-state index in [-0.39, 0.29) is 12.0 Å². The van der Waals surface area contributed by atoms with Gasteiger partial charge in [0.1, 0.15) is 0 Å². The maximum Gasteiger partial charge on any atom is 0.261 e. The number of pyridine rings is 1. The van der Waals surface area contributed by atoms with Crippen LogP contribution < -0.4 is 15.9 Å². The molecule has 0 spiro atoms. The van der Waals surface area contributed by atoms with Crippen molar-refractivity contribution in [3.8, 4) is 0 Å². The van der Waals surface area contributed by atoms with Crippen molar-refractivity contribution in [1.29, 1.82) is 0 Å². The van der Waals surface area contributed by atoms with Crippen LogP contribution in [0, 0.1) is 0 Å². The van der Waals surface area contributed by atoms with E-state index in [1.165, 1.54) is 0 Å². The molecule has 1 aliphatic heterocycles. The summed E-state index contributed by atoms with van der Waals surface area (Å²) in [5, 5.41) is 4.43. The summed E-state index contributed by atoms with van der Waals surface area (Å²) in [4.78, 5) is 18.4. The SMILES string of the molecule is O=C(/C=C\c1cccnc1)NCCCCN1CCC(OP(=O)(c2ccccc2)c2ccccc2)CC1. The summed E-state index contributed by atoms with van der Waals surface area (Å²) in [6.45, 7) is 3.50. The molecule has 7 heteroatoms. The third-order valence-electron chi connectivity index (χ3n) is 6.34. The first-order valence-corrected chi connectivity index (χ1v) is 14.2. The monoisotopic (exact) mass is 503 g/mol. The van der Waals surface area contributed by atoms with E-state index in [9.17, 15) is 9.36 Å². The van der Waals surface area contributed by atoms with E-state index in [4.69, 9.17) is 4.52 Å². The van der Waals surface area contributed by atoms with E-state index < -0.39 is 7.37 Å². The average Bonchev–Trinajstić information content (AvgIpc) is 2.94. The van der Waals surface area contributed by atoms with Crippen molar-refractivity contribution in [3.63, 3.8) is 0 Å². The Hall–Kier alpha value is -3.05. The van der Waals surface area contributed by atoms with Crippen LogP contribution in [-0.2, 0) is 13.9 Å². The van der Waals surface area contributed by atoms with Crippen LogP contribution >= 0.6 is 7.37 Å². The number of piperidine rings is 1. The van der Waals surface area contributed by atoms with Crippen LogP contribution in [0.3, 0.4) is 0 Å². The largest absolute Gasteiger partial charge is 0.353 e. The van der Waals surface area contributed by atoms with Gasteiger partial charge in [0, 0.05) is 48.7 Å². The van der Waals surface area contributed by atoms with Crippen LogP contribution in [0.25, 0.3) is 6.08 Å². The summed E-state index contributed by atoms with van der Waals surface area (Å²) < 4.78 is 20.5. The maximum atomic E-state index is 14.1. The number of nitrogens with one attached hydrogen (secondary N) is 1. The maximum absolute atomic E-state index is 14.1. The second-order valence-electron chi connectivity index (χ2n) is 8.99. The highest BCUT2D eigenvalue weighted by Crippen LogP contribution is 2.47. The Morgan fingerprint density at radius 1 is 0.972 bits per heavy atom. The minimum absolute atomic E-state index is 0.0293. The lowest BCUT2D eigenvalue weighted by molar-refractivity contribution is -0.116. The third kappa shape index (κ3) is 7.47. The van der Waals surface area contributed by atoms with Crippen LogP contribution in [0.5, 0.6) is 0 Å². The summed E-state index contributed by atoms with van der Waals surface area (Å²) in [5.41, 5.74) is 0.906. The molecule has 0 bridgehead atoms. The standard InChI is InChI=1S/C29H34N3O3P/c33-29(16-15-25-10-9-19-30-24-25)31-20-7-8-21-32-22-17-26(18-23-32)35-36(34,27-11-3-1-4-12-27)28-13-5-2-6-14-28/h1-6,9-16,19,24,26H,7-8,17-18,20-23H2,(H,31,33)/b16-15-.